The molecule has 9 heteroatoms. The molecule has 5 nitrogen and oxygen atoms in total. The summed E-state index contributed by atoms with van der Waals surface area (Å²) in [5.74, 6) is -0.392. The monoisotopic (exact) mass is 319 g/mol. The van der Waals surface area contributed by atoms with E-state index in [1.807, 2.05) is 0 Å². The lowest BCUT2D eigenvalue weighted by Crippen LogP contribution is -2.38. The average Bonchev–Trinajstić information content (AvgIpc) is 2.83. The minimum absolute atomic E-state index is 0.295. The van der Waals surface area contributed by atoms with Crippen LogP contribution in [-0.2, 0) is 11.0 Å². The summed E-state index contributed by atoms with van der Waals surface area (Å²) in [6, 6.07) is 1.67. The van der Waals surface area contributed by atoms with E-state index in [9.17, 15) is 22.8 Å². The second-order valence-electron chi connectivity index (χ2n) is 4.36. The molecule has 3 amide bonds. The van der Waals surface area contributed by atoms with Gasteiger partial charge in [-0.1, -0.05) is 11.8 Å². The lowest BCUT2D eigenvalue weighted by Gasteiger charge is -2.17. The molecule has 1 aromatic heterocycles. The van der Waals surface area contributed by atoms with Crippen molar-refractivity contribution >= 4 is 23.7 Å². The maximum atomic E-state index is 12.4. The number of urea groups is 1. The maximum absolute atomic E-state index is 12.4. The first-order chi connectivity index (χ1) is 9.79. The second kappa shape index (κ2) is 5.92. The number of hydrogen-bond acceptors (Lipinski definition) is 4. The SMILES string of the molecule is C[C@H](Sc1ccc(C(F)(F)F)cn1)C(=O)N1CCNC1=O. The minimum atomic E-state index is -4.44. The topological polar surface area (TPSA) is 62.3 Å². The Morgan fingerprint density at radius 1 is 1.48 bits per heavy atom. The number of carbonyl (C=O) groups is 2. The van der Waals surface area contributed by atoms with Crippen LogP contribution in [0.4, 0.5) is 18.0 Å². The highest BCUT2D eigenvalue weighted by Gasteiger charge is 2.32. The first kappa shape index (κ1) is 15.6. The molecule has 2 rings (SSSR count). The maximum Gasteiger partial charge on any atom is 0.417 e. The van der Waals surface area contributed by atoms with Crippen LogP contribution in [0.25, 0.3) is 0 Å². The molecule has 1 N–H and O–H groups in total. The van der Waals surface area contributed by atoms with Gasteiger partial charge in [-0.2, -0.15) is 13.2 Å². The third-order valence-corrected chi connectivity index (χ3v) is 3.87. The summed E-state index contributed by atoms with van der Waals surface area (Å²) in [6.07, 6.45) is -3.71. The Labute approximate surface area is 122 Å². The number of halogens is 3. The van der Waals surface area contributed by atoms with Crippen LogP contribution in [0.5, 0.6) is 0 Å². The van der Waals surface area contributed by atoms with Gasteiger partial charge in [-0.25, -0.2) is 9.78 Å². The summed E-state index contributed by atoms with van der Waals surface area (Å²) < 4.78 is 37.2. The van der Waals surface area contributed by atoms with Gasteiger partial charge < -0.3 is 5.32 Å². The van der Waals surface area contributed by atoms with Crippen LogP contribution in [0.15, 0.2) is 23.4 Å². The van der Waals surface area contributed by atoms with Gasteiger partial charge in [0.2, 0.25) is 5.91 Å². The number of thioether (sulfide) groups is 1. The zero-order chi connectivity index (χ0) is 15.6. The molecule has 1 fully saturated rings. The summed E-state index contributed by atoms with van der Waals surface area (Å²) >= 11 is 1.01. The van der Waals surface area contributed by atoms with Crippen LogP contribution in [0.1, 0.15) is 12.5 Å². The Kier molecular flexibility index (Phi) is 4.40. The van der Waals surface area contributed by atoms with E-state index in [-0.39, 0.29) is 0 Å². The summed E-state index contributed by atoms with van der Waals surface area (Å²) in [5.41, 5.74) is -0.843. The largest absolute Gasteiger partial charge is 0.417 e. The Morgan fingerprint density at radius 3 is 2.67 bits per heavy atom. The lowest BCUT2D eigenvalue weighted by atomic mass is 10.3. The summed E-state index contributed by atoms with van der Waals surface area (Å²) in [7, 11) is 0. The Bertz CT molecular complexity index is 548. The lowest BCUT2D eigenvalue weighted by molar-refractivity contribution is -0.138. The van der Waals surface area contributed by atoms with Crippen LogP contribution in [0, 0.1) is 0 Å². The Balaban J connectivity index is 2.01. The Morgan fingerprint density at radius 2 is 2.19 bits per heavy atom. The van der Waals surface area contributed by atoms with E-state index >= 15 is 0 Å². The molecule has 0 aromatic carbocycles. The molecule has 0 bridgehead atoms. The van der Waals surface area contributed by atoms with Gasteiger partial charge in [-0.15, -0.1) is 0 Å². The van der Waals surface area contributed by atoms with E-state index in [0.29, 0.717) is 18.1 Å². The molecule has 1 atom stereocenters. The van der Waals surface area contributed by atoms with Crippen molar-refractivity contribution < 1.29 is 22.8 Å². The third kappa shape index (κ3) is 3.66. The standard InChI is InChI=1S/C12H12F3N3O2S/c1-7(10(19)18-5-4-16-11(18)20)21-9-3-2-8(6-17-9)12(13,14)15/h2-3,6-7H,4-5H2,1H3,(H,16,20)/t7-/m0/s1. The highest BCUT2D eigenvalue weighted by Crippen LogP contribution is 2.30. The van der Waals surface area contributed by atoms with Gasteiger partial charge in [0, 0.05) is 19.3 Å². The summed E-state index contributed by atoms with van der Waals surface area (Å²) in [5, 5.41) is 2.19. The predicted octanol–water partition coefficient (Wildman–Crippen LogP) is 2.13. The molecule has 1 aliphatic heterocycles. The number of nitrogens with zero attached hydrogens (tertiary/aromatic N) is 2. The van der Waals surface area contributed by atoms with Crippen molar-refractivity contribution in [3.63, 3.8) is 0 Å². The van der Waals surface area contributed by atoms with Crippen LogP contribution < -0.4 is 5.32 Å². The van der Waals surface area contributed by atoms with Crippen molar-refractivity contribution in [2.24, 2.45) is 0 Å². The number of aromatic nitrogens is 1. The van der Waals surface area contributed by atoms with Crippen LogP contribution in [-0.4, -0.2) is 40.2 Å². The number of alkyl halides is 3. The van der Waals surface area contributed by atoms with E-state index in [4.69, 9.17) is 0 Å². The average molecular weight is 319 g/mol. The van der Waals surface area contributed by atoms with Crippen LogP contribution in [0.3, 0.4) is 0 Å². The zero-order valence-corrected chi connectivity index (χ0v) is 11.8. The minimum Gasteiger partial charge on any atom is -0.336 e. The fourth-order valence-corrected chi connectivity index (χ4v) is 2.60. The molecule has 0 spiro atoms. The number of rotatable bonds is 3. The molecule has 0 unspecified atom stereocenters. The third-order valence-electron chi connectivity index (χ3n) is 2.83. The van der Waals surface area contributed by atoms with Gasteiger partial charge in [0.25, 0.3) is 0 Å². The molecular weight excluding hydrogens is 307 g/mol. The van der Waals surface area contributed by atoms with Gasteiger partial charge >= 0.3 is 12.2 Å². The van der Waals surface area contributed by atoms with E-state index in [1.54, 1.807) is 6.92 Å². The predicted molar refractivity (Wildman–Crippen MR) is 69.7 cm³/mol. The molecule has 21 heavy (non-hydrogen) atoms. The van der Waals surface area contributed by atoms with Crippen molar-refractivity contribution in [2.45, 2.75) is 23.4 Å². The van der Waals surface area contributed by atoms with Crippen molar-refractivity contribution in [3.05, 3.63) is 23.9 Å². The van der Waals surface area contributed by atoms with E-state index < -0.39 is 28.9 Å². The fraction of sp³-hybridized carbons (Fsp3) is 0.417. The van der Waals surface area contributed by atoms with Gasteiger partial charge in [-0.3, -0.25) is 9.69 Å². The number of nitrogens with one attached hydrogen (secondary N) is 1. The molecular formula is C12H12F3N3O2S. The van der Waals surface area contributed by atoms with Gasteiger partial charge in [0.1, 0.15) is 0 Å². The number of carbonyl (C=O) groups excluding carboxylic acids is 2. The molecule has 114 valence electrons. The molecule has 2 heterocycles. The van der Waals surface area contributed by atoms with E-state index in [0.717, 1.165) is 28.9 Å². The summed E-state index contributed by atoms with van der Waals surface area (Å²) in [4.78, 5) is 28.2. The number of hydrogen-bond donors (Lipinski definition) is 1. The molecule has 0 saturated carbocycles. The van der Waals surface area contributed by atoms with Crippen LogP contribution in [0.2, 0.25) is 0 Å². The van der Waals surface area contributed by atoms with Crippen molar-refractivity contribution in [3.8, 4) is 0 Å². The highest BCUT2D eigenvalue weighted by molar-refractivity contribution is 8.00. The quantitative estimate of drug-likeness (QED) is 0.867. The zero-order valence-electron chi connectivity index (χ0n) is 11.0. The smallest absolute Gasteiger partial charge is 0.336 e. The number of imide groups is 1. The Hall–Kier alpha value is -1.77. The first-order valence-corrected chi connectivity index (χ1v) is 6.96. The van der Waals surface area contributed by atoms with Crippen molar-refractivity contribution in [2.75, 3.05) is 13.1 Å². The summed E-state index contributed by atoms with van der Waals surface area (Å²) in [6.45, 7) is 2.28. The van der Waals surface area contributed by atoms with Gasteiger partial charge in [0.15, 0.2) is 0 Å². The van der Waals surface area contributed by atoms with E-state index in [1.165, 1.54) is 6.07 Å². The molecule has 0 radical (unpaired) electrons. The second-order valence-corrected chi connectivity index (χ2v) is 5.73. The van der Waals surface area contributed by atoms with Crippen LogP contribution >= 0.6 is 11.8 Å². The van der Waals surface area contributed by atoms with Crippen molar-refractivity contribution in [1.29, 1.82) is 0 Å². The normalized spacial score (nSPS) is 16.8. The highest BCUT2D eigenvalue weighted by atomic mass is 32.2. The van der Waals surface area contributed by atoms with Gasteiger partial charge in [-0.05, 0) is 19.1 Å². The molecule has 1 saturated heterocycles. The first-order valence-electron chi connectivity index (χ1n) is 6.08. The molecule has 0 aliphatic carbocycles. The number of amides is 3. The van der Waals surface area contributed by atoms with Crippen molar-refractivity contribution in [1.82, 2.24) is 15.2 Å². The fourth-order valence-electron chi connectivity index (χ4n) is 1.75. The van der Waals surface area contributed by atoms with Gasteiger partial charge in [0.05, 0.1) is 15.8 Å². The molecule has 1 aliphatic rings. The van der Waals surface area contributed by atoms with E-state index in [2.05, 4.69) is 10.3 Å². The number of pyridine rings is 1. The molecule has 1 aromatic rings.